The molecule has 0 unspecified atom stereocenters. The van der Waals surface area contributed by atoms with Crippen molar-refractivity contribution in [1.29, 1.82) is 0 Å². The summed E-state index contributed by atoms with van der Waals surface area (Å²) in [6, 6.07) is 0.537. The van der Waals surface area contributed by atoms with Crippen molar-refractivity contribution < 1.29 is 14.3 Å². The molecule has 112 valence electrons. The van der Waals surface area contributed by atoms with Crippen LogP contribution in [-0.4, -0.2) is 57.2 Å². The van der Waals surface area contributed by atoms with E-state index in [0.29, 0.717) is 19.3 Å². The first-order chi connectivity index (χ1) is 9.21. The highest BCUT2D eigenvalue weighted by atomic mass is 16.5. The molecule has 4 heteroatoms. The molecule has 0 N–H and O–H groups in total. The molecule has 0 aliphatic carbocycles. The molecule has 1 aliphatic rings. The van der Waals surface area contributed by atoms with Gasteiger partial charge in [-0.15, -0.1) is 0 Å². The van der Waals surface area contributed by atoms with E-state index in [0.717, 1.165) is 51.7 Å². The van der Waals surface area contributed by atoms with Gasteiger partial charge in [0, 0.05) is 44.9 Å². The van der Waals surface area contributed by atoms with Gasteiger partial charge in [0.15, 0.2) is 0 Å². The van der Waals surface area contributed by atoms with Gasteiger partial charge in [-0.1, -0.05) is 13.8 Å². The lowest BCUT2D eigenvalue weighted by Crippen LogP contribution is -2.47. The van der Waals surface area contributed by atoms with Gasteiger partial charge in [-0.05, 0) is 25.7 Å². The van der Waals surface area contributed by atoms with E-state index in [9.17, 15) is 4.79 Å². The number of carbonyl (C=O) groups excluding carboxylic acids is 1. The Labute approximate surface area is 117 Å². The number of rotatable bonds is 9. The third kappa shape index (κ3) is 4.86. The maximum Gasteiger partial charge on any atom is 0.127 e. The molecule has 1 saturated heterocycles. The minimum absolute atomic E-state index is 0.214. The Morgan fingerprint density at radius 3 is 2.42 bits per heavy atom. The Balaban J connectivity index is 2.69. The largest absolute Gasteiger partial charge is 0.383 e. The first-order valence-electron chi connectivity index (χ1n) is 7.48. The zero-order chi connectivity index (χ0) is 14.1. The van der Waals surface area contributed by atoms with Crippen LogP contribution in [0.2, 0.25) is 0 Å². The van der Waals surface area contributed by atoms with Crippen molar-refractivity contribution in [3.63, 3.8) is 0 Å². The fourth-order valence-electron chi connectivity index (χ4n) is 2.90. The summed E-state index contributed by atoms with van der Waals surface area (Å²) < 4.78 is 10.6. The Morgan fingerprint density at radius 2 is 1.95 bits per heavy atom. The molecule has 0 aromatic heterocycles. The first kappa shape index (κ1) is 16.6. The lowest BCUT2D eigenvalue weighted by atomic mass is 9.80. The van der Waals surface area contributed by atoms with Gasteiger partial charge in [-0.25, -0.2) is 0 Å². The third-order valence-electron chi connectivity index (χ3n) is 4.30. The fourth-order valence-corrected chi connectivity index (χ4v) is 2.90. The van der Waals surface area contributed by atoms with Crippen LogP contribution >= 0.6 is 0 Å². The van der Waals surface area contributed by atoms with E-state index in [1.807, 2.05) is 0 Å². The number of nitrogens with zero attached hydrogens (tertiary/aromatic N) is 1. The topological polar surface area (TPSA) is 38.8 Å². The summed E-state index contributed by atoms with van der Waals surface area (Å²) in [5, 5.41) is 0. The van der Waals surface area contributed by atoms with Gasteiger partial charge in [-0.3, -0.25) is 4.90 Å². The van der Waals surface area contributed by atoms with Crippen molar-refractivity contribution in [3.05, 3.63) is 0 Å². The molecule has 0 aromatic rings. The first-order valence-corrected chi connectivity index (χ1v) is 7.48. The quantitative estimate of drug-likeness (QED) is 0.602. The van der Waals surface area contributed by atoms with Crippen molar-refractivity contribution >= 4 is 6.29 Å². The second kappa shape index (κ2) is 8.67. The molecule has 1 fully saturated rings. The van der Waals surface area contributed by atoms with E-state index in [1.165, 1.54) is 0 Å². The van der Waals surface area contributed by atoms with Crippen LogP contribution in [-0.2, 0) is 14.3 Å². The predicted octanol–water partition coefficient (Wildman–Crippen LogP) is 2.12. The van der Waals surface area contributed by atoms with Crippen LogP contribution < -0.4 is 0 Å². The molecular formula is C15H29NO3. The monoisotopic (exact) mass is 271 g/mol. The summed E-state index contributed by atoms with van der Waals surface area (Å²) in [4.78, 5) is 14.0. The normalized spacial score (nSPS) is 19.0. The zero-order valence-corrected chi connectivity index (χ0v) is 12.7. The molecule has 0 spiro atoms. The minimum atomic E-state index is -0.214. The van der Waals surface area contributed by atoms with Gasteiger partial charge >= 0.3 is 0 Å². The SMILES string of the molecule is CCC(CC)N(CCOC)CC1(C=O)CCOCC1. The average Bonchev–Trinajstić information content (AvgIpc) is 2.46. The van der Waals surface area contributed by atoms with Gasteiger partial charge < -0.3 is 14.3 Å². The van der Waals surface area contributed by atoms with Gasteiger partial charge in [0.2, 0.25) is 0 Å². The summed E-state index contributed by atoms with van der Waals surface area (Å²) in [5.41, 5.74) is -0.214. The van der Waals surface area contributed by atoms with Crippen molar-refractivity contribution in [2.45, 2.75) is 45.6 Å². The van der Waals surface area contributed by atoms with Gasteiger partial charge in [0.05, 0.1) is 6.61 Å². The Morgan fingerprint density at radius 1 is 1.32 bits per heavy atom. The van der Waals surface area contributed by atoms with Gasteiger partial charge in [0.1, 0.15) is 6.29 Å². The zero-order valence-electron chi connectivity index (χ0n) is 12.7. The summed E-state index contributed by atoms with van der Waals surface area (Å²) in [6.45, 7) is 8.31. The number of carbonyl (C=O) groups is 1. The number of aldehydes is 1. The van der Waals surface area contributed by atoms with Gasteiger partial charge in [-0.2, -0.15) is 0 Å². The maximum absolute atomic E-state index is 11.6. The Bertz CT molecular complexity index is 248. The highest BCUT2D eigenvalue weighted by molar-refractivity contribution is 5.60. The molecule has 1 heterocycles. The van der Waals surface area contributed by atoms with Crippen molar-refractivity contribution in [2.75, 3.05) is 40.0 Å². The third-order valence-corrected chi connectivity index (χ3v) is 4.30. The molecule has 0 saturated carbocycles. The standard InChI is InChI=1S/C15H29NO3/c1-4-14(5-2)16(8-11-18-3)12-15(13-17)6-9-19-10-7-15/h13-14H,4-12H2,1-3H3. The van der Waals surface area contributed by atoms with Gasteiger partial charge in [0.25, 0.3) is 0 Å². The van der Waals surface area contributed by atoms with Crippen LogP contribution in [0.5, 0.6) is 0 Å². The number of hydrogen-bond donors (Lipinski definition) is 0. The minimum Gasteiger partial charge on any atom is -0.383 e. The summed E-state index contributed by atoms with van der Waals surface area (Å²) in [7, 11) is 1.73. The highest BCUT2D eigenvalue weighted by Crippen LogP contribution is 2.30. The molecule has 1 rings (SSSR count). The molecule has 0 atom stereocenters. The van der Waals surface area contributed by atoms with E-state index in [1.54, 1.807) is 7.11 Å². The smallest absolute Gasteiger partial charge is 0.127 e. The van der Waals surface area contributed by atoms with Crippen LogP contribution in [0.25, 0.3) is 0 Å². The molecule has 1 aliphatic heterocycles. The lowest BCUT2D eigenvalue weighted by molar-refractivity contribution is -0.123. The molecule has 0 radical (unpaired) electrons. The number of ether oxygens (including phenoxy) is 2. The number of hydrogen-bond acceptors (Lipinski definition) is 4. The van der Waals surface area contributed by atoms with E-state index < -0.39 is 0 Å². The predicted molar refractivity (Wildman–Crippen MR) is 76.4 cm³/mol. The number of methoxy groups -OCH3 is 1. The molecule has 0 aromatic carbocycles. The van der Waals surface area contributed by atoms with Crippen LogP contribution in [0, 0.1) is 5.41 Å². The van der Waals surface area contributed by atoms with Crippen LogP contribution in [0.15, 0.2) is 0 Å². The lowest BCUT2D eigenvalue weighted by Gasteiger charge is -2.40. The molecule has 0 amide bonds. The Hall–Kier alpha value is -0.450. The van der Waals surface area contributed by atoms with Crippen molar-refractivity contribution in [2.24, 2.45) is 5.41 Å². The second-order valence-electron chi connectivity index (χ2n) is 5.53. The van der Waals surface area contributed by atoms with Crippen LogP contribution in [0.1, 0.15) is 39.5 Å². The fraction of sp³-hybridized carbons (Fsp3) is 0.933. The van der Waals surface area contributed by atoms with Crippen LogP contribution in [0.4, 0.5) is 0 Å². The summed E-state index contributed by atoms with van der Waals surface area (Å²) >= 11 is 0. The van der Waals surface area contributed by atoms with Crippen molar-refractivity contribution in [3.8, 4) is 0 Å². The molecule has 4 nitrogen and oxygen atoms in total. The maximum atomic E-state index is 11.6. The second-order valence-corrected chi connectivity index (χ2v) is 5.53. The average molecular weight is 271 g/mol. The van der Waals surface area contributed by atoms with Crippen molar-refractivity contribution in [1.82, 2.24) is 4.90 Å². The van der Waals surface area contributed by atoms with E-state index >= 15 is 0 Å². The molecule has 0 bridgehead atoms. The molecule has 19 heavy (non-hydrogen) atoms. The summed E-state index contributed by atoms with van der Waals surface area (Å²) in [5.74, 6) is 0. The van der Waals surface area contributed by atoms with Crippen LogP contribution in [0.3, 0.4) is 0 Å². The molecular weight excluding hydrogens is 242 g/mol. The Kier molecular flexibility index (Phi) is 7.57. The van der Waals surface area contributed by atoms with E-state index in [2.05, 4.69) is 18.7 Å². The highest BCUT2D eigenvalue weighted by Gasteiger charge is 2.35. The van der Waals surface area contributed by atoms with E-state index in [4.69, 9.17) is 9.47 Å². The summed E-state index contributed by atoms with van der Waals surface area (Å²) in [6.07, 6.45) is 5.09. The van der Waals surface area contributed by atoms with E-state index in [-0.39, 0.29) is 5.41 Å².